The van der Waals surface area contributed by atoms with Gasteiger partial charge in [-0.1, -0.05) is 0 Å². The molecule has 0 saturated heterocycles. The van der Waals surface area contributed by atoms with Gasteiger partial charge in [0.15, 0.2) is 5.11 Å². The molecule has 3 N–H and O–H groups in total. The second-order valence-corrected chi connectivity index (χ2v) is 3.59. The van der Waals surface area contributed by atoms with Crippen molar-refractivity contribution in [3.05, 3.63) is 11.4 Å². The quantitative estimate of drug-likeness (QED) is 0.529. The molecule has 0 amide bonds. The van der Waals surface area contributed by atoms with Crippen LogP contribution in [0, 0.1) is 13.8 Å². The number of H-pyrrole nitrogens is 1. The zero-order chi connectivity index (χ0) is 11.3. The molecule has 0 fully saturated rings. The monoisotopic (exact) mass is 228 g/mol. The van der Waals surface area contributed by atoms with E-state index in [4.69, 9.17) is 17.0 Å². The number of aromatic nitrogens is 2. The fourth-order valence-electron chi connectivity index (χ4n) is 1.16. The van der Waals surface area contributed by atoms with E-state index in [1.165, 1.54) is 0 Å². The van der Waals surface area contributed by atoms with E-state index in [1.807, 2.05) is 13.8 Å². The minimum Gasteiger partial charge on any atom is -0.383 e. The Bertz CT molecular complexity index is 317. The molecular weight excluding hydrogens is 212 g/mol. The van der Waals surface area contributed by atoms with Crippen LogP contribution in [-0.2, 0) is 4.74 Å². The van der Waals surface area contributed by atoms with E-state index in [9.17, 15) is 0 Å². The summed E-state index contributed by atoms with van der Waals surface area (Å²) in [5.74, 6) is 0. The number of nitrogens with zero attached hydrogens (tertiary/aromatic N) is 1. The Kier molecular flexibility index (Phi) is 4.51. The fraction of sp³-hybridized carbons (Fsp3) is 0.556. The minimum atomic E-state index is 0.583. The van der Waals surface area contributed by atoms with Gasteiger partial charge in [-0.15, -0.1) is 0 Å². The van der Waals surface area contributed by atoms with Crippen LogP contribution in [0.3, 0.4) is 0 Å². The summed E-state index contributed by atoms with van der Waals surface area (Å²) in [5.41, 5.74) is 2.82. The molecule has 1 rings (SSSR count). The molecule has 0 unspecified atom stereocenters. The Morgan fingerprint density at radius 3 is 2.80 bits per heavy atom. The number of methoxy groups -OCH3 is 1. The Morgan fingerprint density at radius 2 is 2.27 bits per heavy atom. The summed E-state index contributed by atoms with van der Waals surface area (Å²) in [7, 11) is 1.66. The van der Waals surface area contributed by atoms with Gasteiger partial charge < -0.3 is 15.4 Å². The van der Waals surface area contributed by atoms with Crippen LogP contribution in [0.2, 0.25) is 0 Å². The van der Waals surface area contributed by atoms with E-state index in [0.29, 0.717) is 18.3 Å². The van der Waals surface area contributed by atoms with Gasteiger partial charge >= 0.3 is 0 Å². The molecule has 1 heterocycles. The lowest BCUT2D eigenvalue weighted by molar-refractivity contribution is 0.204. The molecule has 0 aliphatic rings. The van der Waals surface area contributed by atoms with Crippen molar-refractivity contribution >= 4 is 23.0 Å². The fourth-order valence-corrected chi connectivity index (χ4v) is 1.36. The highest BCUT2D eigenvalue weighted by molar-refractivity contribution is 7.80. The number of hydrogen-bond donors (Lipinski definition) is 3. The Balaban J connectivity index is 2.44. The molecule has 6 heteroatoms. The standard InChI is InChI=1S/C9H16N4OS/c1-6-8(7(2)13-12-6)11-9(15)10-4-5-14-3/h4-5H2,1-3H3,(H,12,13)(H2,10,11,15). The van der Waals surface area contributed by atoms with Crippen LogP contribution in [0.25, 0.3) is 0 Å². The van der Waals surface area contributed by atoms with E-state index in [1.54, 1.807) is 7.11 Å². The first-order chi connectivity index (χ1) is 7.15. The highest BCUT2D eigenvalue weighted by Gasteiger charge is 2.06. The number of hydrogen-bond acceptors (Lipinski definition) is 3. The number of anilines is 1. The average Bonchev–Trinajstić information content (AvgIpc) is 2.50. The van der Waals surface area contributed by atoms with Crippen LogP contribution in [0.15, 0.2) is 0 Å². The Labute approximate surface area is 94.6 Å². The number of aryl methyl sites for hydroxylation is 2. The minimum absolute atomic E-state index is 0.583. The van der Waals surface area contributed by atoms with Crippen molar-refractivity contribution in [2.45, 2.75) is 13.8 Å². The molecule has 0 aromatic carbocycles. The number of thiocarbonyl (C=S) groups is 1. The van der Waals surface area contributed by atoms with Crippen molar-refractivity contribution in [1.29, 1.82) is 0 Å². The van der Waals surface area contributed by atoms with Crippen molar-refractivity contribution in [2.75, 3.05) is 25.6 Å². The lowest BCUT2D eigenvalue weighted by Gasteiger charge is -2.09. The lowest BCUT2D eigenvalue weighted by Crippen LogP contribution is -2.31. The normalized spacial score (nSPS) is 10.1. The second kappa shape index (κ2) is 5.67. The van der Waals surface area contributed by atoms with E-state index in [-0.39, 0.29) is 0 Å². The molecule has 0 aliphatic heterocycles. The van der Waals surface area contributed by atoms with Gasteiger partial charge in [0, 0.05) is 13.7 Å². The third-order valence-corrected chi connectivity index (χ3v) is 2.20. The highest BCUT2D eigenvalue weighted by Crippen LogP contribution is 2.15. The Morgan fingerprint density at radius 1 is 1.53 bits per heavy atom. The van der Waals surface area contributed by atoms with Crippen LogP contribution < -0.4 is 10.6 Å². The van der Waals surface area contributed by atoms with Crippen LogP contribution >= 0.6 is 12.2 Å². The number of aromatic amines is 1. The number of nitrogens with one attached hydrogen (secondary N) is 3. The molecule has 0 atom stereocenters. The van der Waals surface area contributed by atoms with Crippen molar-refractivity contribution < 1.29 is 4.74 Å². The summed E-state index contributed by atoms with van der Waals surface area (Å²) < 4.78 is 4.91. The second-order valence-electron chi connectivity index (χ2n) is 3.18. The zero-order valence-electron chi connectivity index (χ0n) is 9.18. The van der Waals surface area contributed by atoms with Crippen LogP contribution in [0.4, 0.5) is 5.69 Å². The lowest BCUT2D eigenvalue weighted by atomic mass is 10.3. The first kappa shape index (κ1) is 11.9. The summed E-state index contributed by atoms with van der Waals surface area (Å²) in [6, 6.07) is 0. The SMILES string of the molecule is COCCNC(=S)Nc1c(C)n[nH]c1C. The van der Waals surface area contributed by atoms with Gasteiger partial charge in [0.25, 0.3) is 0 Å². The smallest absolute Gasteiger partial charge is 0.170 e. The van der Waals surface area contributed by atoms with Crippen LogP contribution in [0.5, 0.6) is 0 Å². The molecule has 1 aromatic rings. The van der Waals surface area contributed by atoms with E-state index in [2.05, 4.69) is 20.8 Å². The first-order valence-corrected chi connectivity index (χ1v) is 5.11. The van der Waals surface area contributed by atoms with Crippen molar-refractivity contribution in [2.24, 2.45) is 0 Å². The maximum Gasteiger partial charge on any atom is 0.170 e. The van der Waals surface area contributed by atoms with E-state index < -0.39 is 0 Å². The molecule has 15 heavy (non-hydrogen) atoms. The van der Waals surface area contributed by atoms with Gasteiger partial charge in [-0.25, -0.2) is 0 Å². The van der Waals surface area contributed by atoms with Crippen LogP contribution in [-0.4, -0.2) is 35.6 Å². The predicted octanol–water partition coefficient (Wildman–Crippen LogP) is 0.959. The number of rotatable bonds is 4. The third-order valence-electron chi connectivity index (χ3n) is 1.96. The predicted molar refractivity (Wildman–Crippen MR) is 64.2 cm³/mol. The van der Waals surface area contributed by atoms with Crippen molar-refractivity contribution in [3.8, 4) is 0 Å². The molecule has 0 spiro atoms. The molecule has 84 valence electrons. The summed E-state index contributed by atoms with van der Waals surface area (Å²) in [5, 5.41) is 13.7. The van der Waals surface area contributed by atoms with Crippen molar-refractivity contribution in [1.82, 2.24) is 15.5 Å². The molecule has 0 aliphatic carbocycles. The topological polar surface area (TPSA) is 62.0 Å². The summed E-state index contributed by atoms with van der Waals surface area (Å²) in [6.07, 6.45) is 0. The van der Waals surface area contributed by atoms with E-state index in [0.717, 1.165) is 17.1 Å². The van der Waals surface area contributed by atoms with Crippen molar-refractivity contribution in [3.63, 3.8) is 0 Å². The highest BCUT2D eigenvalue weighted by atomic mass is 32.1. The molecule has 0 radical (unpaired) electrons. The van der Waals surface area contributed by atoms with Gasteiger partial charge in [0.2, 0.25) is 0 Å². The molecular formula is C9H16N4OS. The van der Waals surface area contributed by atoms with Gasteiger partial charge in [0.05, 0.1) is 23.7 Å². The van der Waals surface area contributed by atoms with Crippen LogP contribution in [0.1, 0.15) is 11.4 Å². The third kappa shape index (κ3) is 3.49. The maximum atomic E-state index is 5.12. The summed E-state index contributed by atoms with van der Waals surface area (Å²) in [4.78, 5) is 0. The summed E-state index contributed by atoms with van der Waals surface area (Å²) >= 11 is 5.12. The summed E-state index contributed by atoms with van der Waals surface area (Å²) in [6.45, 7) is 5.19. The number of ether oxygens (including phenoxy) is 1. The van der Waals surface area contributed by atoms with Gasteiger partial charge in [-0.2, -0.15) is 5.10 Å². The van der Waals surface area contributed by atoms with Gasteiger partial charge in [-0.05, 0) is 26.1 Å². The molecule has 0 saturated carbocycles. The van der Waals surface area contributed by atoms with E-state index >= 15 is 0 Å². The largest absolute Gasteiger partial charge is 0.383 e. The van der Waals surface area contributed by atoms with Gasteiger partial charge in [-0.3, -0.25) is 5.10 Å². The molecule has 1 aromatic heterocycles. The average molecular weight is 228 g/mol. The first-order valence-electron chi connectivity index (χ1n) is 4.70. The Hall–Kier alpha value is -1.14. The molecule has 5 nitrogen and oxygen atoms in total. The zero-order valence-corrected chi connectivity index (χ0v) is 9.99. The molecule has 0 bridgehead atoms. The maximum absolute atomic E-state index is 5.12. The van der Waals surface area contributed by atoms with Gasteiger partial charge in [0.1, 0.15) is 0 Å².